The summed E-state index contributed by atoms with van der Waals surface area (Å²) in [5, 5.41) is 15.6. The molecule has 0 aliphatic heterocycles. The van der Waals surface area contributed by atoms with Gasteiger partial charge in [0.25, 0.3) is 5.91 Å². The molecule has 0 spiro atoms. The lowest BCUT2D eigenvalue weighted by molar-refractivity contribution is 0.0696. The summed E-state index contributed by atoms with van der Waals surface area (Å²) in [4.78, 5) is 22.8. The van der Waals surface area contributed by atoms with Gasteiger partial charge in [-0.1, -0.05) is 12.1 Å². The first-order valence-corrected chi connectivity index (χ1v) is 6.94. The van der Waals surface area contributed by atoms with Gasteiger partial charge in [0, 0.05) is 23.6 Å². The molecule has 2 aromatic rings. The highest BCUT2D eigenvalue weighted by molar-refractivity contribution is 5.95. The quantitative estimate of drug-likeness (QED) is 0.885. The molecule has 0 radical (unpaired) electrons. The Bertz CT molecular complexity index is 669. The van der Waals surface area contributed by atoms with Crippen molar-refractivity contribution in [3.63, 3.8) is 0 Å². The normalized spacial score (nSPS) is 12.0. The molecule has 2 N–H and O–H groups in total. The van der Waals surface area contributed by atoms with E-state index in [4.69, 9.17) is 9.63 Å². The van der Waals surface area contributed by atoms with Crippen LogP contribution in [0.4, 0.5) is 0 Å². The fourth-order valence-electron chi connectivity index (χ4n) is 2.41. The standard InChI is InChI=1S/C16H18N2O4/c1-9(14-10(2)18-22-11(14)3)8-17-15(19)12-4-6-13(7-5-12)16(20)21/h4-7,9H,8H2,1-3H3,(H,17,19)(H,20,21). The second-order valence-corrected chi connectivity index (χ2v) is 5.23. The number of hydrogen-bond donors (Lipinski definition) is 2. The second-order valence-electron chi connectivity index (χ2n) is 5.23. The maximum Gasteiger partial charge on any atom is 0.335 e. The van der Waals surface area contributed by atoms with Gasteiger partial charge in [0.1, 0.15) is 5.76 Å². The number of aryl methyl sites for hydroxylation is 2. The van der Waals surface area contributed by atoms with E-state index in [0.717, 1.165) is 17.0 Å². The van der Waals surface area contributed by atoms with Gasteiger partial charge in [-0.3, -0.25) is 4.79 Å². The summed E-state index contributed by atoms with van der Waals surface area (Å²) >= 11 is 0. The number of hydrogen-bond acceptors (Lipinski definition) is 4. The van der Waals surface area contributed by atoms with E-state index in [1.165, 1.54) is 24.3 Å². The van der Waals surface area contributed by atoms with Gasteiger partial charge in [0.15, 0.2) is 0 Å². The molecule has 1 heterocycles. The number of nitrogens with one attached hydrogen (secondary N) is 1. The molecule has 0 bridgehead atoms. The largest absolute Gasteiger partial charge is 0.478 e. The van der Waals surface area contributed by atoms with Crippen molar-refractivity contribution in [3.05, 3.63) is 52.4 Å². The van der Waals surface area contributed by atoms with Crippen LogP contribution in [0, 0.1) is 13.8 Å². The molecule has 0 saturated carbocycles. The zero-order valence-electron chi connectivity index (χ0n) is 12.7. The van der Waals surface area contributed by atoms with E-state index < -0.39 is 5.97 Å². The number of carbonyl (C=O) groups excluding carboxylic acids is 1. The van der Waals surface area contributed by atoms with Crippen molar-refractivity contribution in [3.8, 4) is 0 Å². The first-order valence-electron chi connectivity index (χ1n) is 6.94. The number of aromatic carboxylic acids is 1. The number of carboxylic acid groups (broad SMARTS) is 1. The minimum atomic E-state index is -1.01. The highest BCUT2D eigenvalue weighted by Crippen LogP contribution is 2.22. The summed E-state index contributed by atoms with van der Waals surface area (Å²) in [6.45, 7) is 6.15. The van der Waals surface area contributed by atoms with Crippen molar-refractivity contribution in [2.75, 3.05) is 6.54 Å². The molecule has 0 aliphatic rings. The lowest BCUT2D eigenvalue weighted by Gasteiger charge is -2.12. The average molecular weight is 302 g/mol. The van der Waals surface area contributed by atoms with Gasteiger partial charge in [-0.05, 0) is 38.1 Å². The molecule has 6 nitrogen and oxygen atoms in total. The molecule has 1 unspecified atom stereocenters. The van der Waals surface area contributed by atoms with Gasteiger partial charge in [0.05, 0.1) is 11.3 Å². The monoisotopic (exact) mass is 302 g/mol. The number of aromatic nitrogens is 1. The Hall–Kier alpha value is -2.63. The van der Waals surface area contributed by atoms with Crippen molar-refractivity contribution in [1.82, 2.24) is 10.5 Å². The minimum absolute atomic E-state index is 0.0773. The molecule has 1 aromatic carbocycles. The van der Waals surface area contributed by atoms with Crippen LogP contribution in [0.3, 0.4) is 0 Å². The Kier molecular flexibility index (Phi) is 4.60. The molecular weight excluding hydrogens is 284 g/mol. The molecule has 2 rings (SSSR count). The van der Waals surface area contributed by atoms with E-state index in [-0.39, 0.29) is 17.4 Å². The molecule has 22 heavy (non-hydrogen) atoms. The predicted molar refractivity (Wildman–Crippen MR) is 80.1 cm³/mol. The van der Waals surface area contributed by atoms with E-state index in [9.17, 15) is 9.59 Å². The predicted octanol–water partition coefficient (Wildman–Crippen LogP) is 2.52. The smallest absolute Gasteiger partial charge is 0.335 e. The number of benzene rings is 1. The highest BCUT2D eigenvalue weighted by atomic mass is 16.5. The number of rotatable bonds is 5. The molecule has 0 fully saturated rings. The molecule has 1 atom stereocenters. The first kappa shape index (κ1) is 15.8. The fraction of sp³-hybridized carbons (Fsp3) is 0.312. The third-order valence-corrected chi connectivity index (χ3v) is 3.54. The Morgan fingerprint density at radius 3 is 2.32 bits per heavy atom. The molecule has 116 valence electrons. The van der Waals surface area contributed by atoms with Crippen LogP contribution in [0.1, 0.15) is 50.6 Å². The Balaban J connectivity index is 1.99. The van der Waals surface area contributed by atoms with Crippen LogP contribution in [-0.2, 0) is 0 Å². The van der Waals surface area contributed by atoms with Crippen LogP contribution in [0.2, 0.25) is 0 Å². The van der Waals surface area contributed by atoms with Crippen LogP contribution in [0.5, 0.6) is 0 Å². The fourth-order valence-corrected chi connectivity index (χ4v) is 2.41. The molecule has 1 aromatic heterocycles. The summed E-state index contributed by atoms with van der Waals surface area (Å²) in [5.41, 5.74) is 2.41. The summed E-state index contributed by atoms with van der Waals surface area (Å²) in [5.74, 6) is -0.423. The first-order chi connectivity index (χ1) is 10.4. The lowest BCUT2D eigenvalue weighted by atomic mass is 9.99. The summed E-state index contributed by atoms with van der Waals surface area (Å²) < 4.78 is 5.13. The van der Waals surface area contributed by atoms with Crippen molar-refractivity contribution in [2.45, 2.75) is 26.7 Å². The number of carboxylic acids is 1. The van der Waals surface area contributed by atoms with Gasteiger partial charge < -0.3 is 14.9 Å². The molecule has 6 heteroatoms. The van der Waals surface area contributed by atoms with E-state index in [1.54, 1.807) is 0 Å². The van der Waals surface area contributed by atoms with Crippen LogP contribution in [0.15, 0.2) is 28.8 Å². The van der Waals surface area contributed by atoms with Gasteiger partial charge in [0.2, 0.25) is 0 Å². The zero-order chi connectivity index (χ0) is 16.3. The molecule has 0 aliphatic carbocycles. The number of amides is 1. The van der Waals surface area contributed by atoms with Crippen LogP contribution in [0.25, 0.3) is 0 Å². The zero-order valence-corrected chi connectivity index (χ0v) is 12.7. The number of carbonyl (C=O) groups is 2. The topological polar surface area (TPSA) is 92.4 Å². The highest BCUT2D eigenvalue weighted by Gasteiger charge is 2.17. The molecular formula is C16H18N2O4. The van der Waals surface area contributed by atoms with Gasteiger partial charge >= 0.3 is 5.97 Å². The lowest BCUT2D eigenvalue weighted by Crippen LogP contribution is -2.27. The third-order valence-electron chi connectivity index (χ3n) is 3.54. The average Bonchev–Trinajstić information content (AvgIpc) is 2.83. The van der Waals surface area contributed by atoms with Crippen molar-refractivity contribution in [1.29, 1.82) is 0 Å². The molecule has 1 amide bonds. The Morgan fingerprint density at radius 2 is 1.82 bits per heavy atom. The van der Waals surface area contributed by atoms with Gasteiger partial charge in [-0.25, -0.2) is 4.79 Å². The van der Waals surface area contributed by atoms with E-state index >= 15 is 0 Å². The van der Waals surface area contributed by atoms with Gasteiger partial charge in [-0.15, -0.1) is 0 Å². The maximum atomic E-state index is 12.1. The summed E-state index contributed by atoms with van der Waals surface area (Å²) in [7, 11) is 0. The van der Waals surface area contributed by atoms with Gasteiger partial charge in [-0.2, -0.15) is 0 Å². The van der Waals surface area contributed by atoms with E-state index in [2.05, 4.69) is 10.5 Å². The van der Waals surface area contributed by atoms with E-state index in [1.807, 2.05) is 20.8 Å². The summed E-state index contributed by atoms with van der Waals surface area (Å²) in [6.07, 6.45) is 0. The second kappa shape index (κ2) is 6.43. The van der Waals surface area contributed by atoms with Crippen LogP contribution >= 0.6 is 0 Å². The summed E-state index contributed by atoms with van der Waals surface area (Å²) in [6, 6.07) is 5.82. The van der Waals surface area contributed by atoms with Crippen LogP contribution < -0.4 is 5.32 Å². The Labute approximate surface area is 128 Å². The van der Waals surface area contributed by atoms with Crippen molar-refractivity contribution < 1.29 is 19.2 Å². The molecule has 0 saturated heterocycles. The number of nitrogens with zero attached hydrogens (tertiary/aromatic N) is 1. The van der Waals surface area contributed by atoms with Crippen molar-refractivity contribution in [2.24, 2.45) is 0 Å². The van der Waals surface area contributed by atoms with Crippen molar-refractivity contribution >= 4 is 11.9 Å². The SMILES string of the molecule is Cc1noc(C)c1C(C)CNC(=O)c1ccc(C(=O)O)cc1. The Morgan fingerprint density at radius 1 is 1.23 bits per heavy atom. The van der Waals surface area contributed by atoms with E-state index in [0.29, 0.717) is 12.1 Å². The minimum Gasteiger partial charge on any atom is -0.478 e. The maximum absolute atomic E-state index is 12.1. The van der Waals surface area contributed by atoms with Crippen LogP contribution in [-0.4, -0.2) is 28.7 Å². The third kappa shape index (κ3) is 3.33.